The average Bonchev–Trinajstić information content (AvgIpc) is 2.43. The molecule has 102 valence electrons. The van der Waals surface area contributed by atoms with E-state index in [4.69, 9.17) is 5.73 Å². The van der Waals surface area contributed by atoms with Crippen molar-refractivity contribution >= 4 is 16.0 Å². The van der Waals surface area contributed by atoms with Crippen molar-refractivity contribution in [1.29, 1.82) is 0 Å². The van der Waals surface area contributed by atoms with E-state index < -0.39 is 22.5 Å². The molecule has 0 saturated heterocycles. The van der Waals surface area contributed by atoms with Gasteiger partial charge in [0.15, 0.2) is 0 Å². The lowest BCUT2D eigenvalue weighted by molar-refractivity contribution is -0.139. The van der Waals surface area contributed by atoms with Gasteiger partial charge in [-0.15, -0.1) is 0 Å². The third-order valence-corrected chi connectivity index (χ3v) is 3.36. The Labute approximate surface area is 111 Å². The van der Waals surface area contributed by atoms with Gasteiger partial charge in [-0.3, -0.25) is 9.78 Å². The maximum absolute atomic E-state index is 11.8. The maximum atomic E-state index is 11.8. The van der Waals surface area contributed by atoms with E-state index in [0.717, 1.165) is 6.20 Å². The molecule has 0 aromatic carbocycles. The highest BCUT2D eigenvalue weighted by atomic mass is 32.2. The van der Waals surface area contributed by atoms with E-state index in [0.29, 0.717) is 5.56 Å². The molecule has 0 atom stereocenters. The molecular weight excluding hydrogens is 270 g/mol. The second-order valence-electron chi connectivity index (χ2n) is 3.32. The van der Waals surface area contributed by atoms with Crippen molar-refractivity contribution in [2.75, 3.05) is 20.2 Å². The molecule has 0 bridgehead atoms. The number of hydrogen-bond donors (Lipinski definition) is 2. The summed E-state index contributed by atoms with van der Waals surface area (Å²) in [6.07, 6.45) is 2.58. The van der Waals surface area contributed by atoms with Crippen LogP contribution in [0, 0.1) is 11.8 Å². The Morgan fingerprint density at radius 2 is 2.26 bits per heavy atom. The summed E-state index contributed by atoms with van der Waals surface area (Å²) in [7, 11) is -2.66. The van der Waals surface area contributed by atoms with Crippen LogP contribution in [0.4, 0.5) is 0 Å². The van der Waals surface area contributed by atoms with Gasteiger partial charge in [-0.05, 0) is 6.07 Å². The average molecular weight is 283 g/mol. The third kappa shape index (κ3) is 4.67. The fraction of sp³-hybridized carbons (Fsp3) is 0.273. The molecule has 0 unspecified atom stereocenters. The Morgan fingerprint density at radius 1 is 1.53 bits per heavy atom. The van der Waals surface area contributed by atoms with E-state index in [1.165, 1.54) is 19.4 Å². The van der Waals surface area contributed by atoms with Crippen LogP contribution in [-0.2, 0) is 19.6 Å². The smallest absolute Gasteiger partial charge is 0.320 e. The number of nitrogens with zero attached hydrogens (tertiary/aromatic N) is 1. The van der Waals surface area contributed by atoms with Gasteiger partial charge in [-0.1, -0.05) is 11.8 Å². The lowest BCUT2D eigenvalue weighted by atomic mass is 10.3. The summed E-state index contributed by atoms with van der Waals surface area (Å²) in [4.78, 5) is 14.6. The van der Waals surface area contributed by atoms with Crippen LogP contribution in [0.2, 0.25) is 0 Å². The first kappa shape index (κ1) is 15.1. The van der Waals surface area contributed by atoms with Gasteiger partial charge in [0.05, 0.1) is 13.7 Å². The molecule has 0 radical (unpaired) electrons. The molecule has 0 saturated carbocycles. The quantitative estimate of drug-likeness (QED) is 0.533. The van der Waals surface area contributed by atoms with Crippen molar-refractivity contribution in [3.63, 3.8) is 0 Å². The number of nitrogens with one attached hydrogen (secondary N) is 1. The van der Waals surface area contributed by atoms with Crippen molar-refractivity contribution in [1.82, 2.24) is 9.71 Å². The van der Waals surface area contributed by atoms with Gasteiger partial charge in [-0.2, -0.15) is 4.72 Å². The van der Waals surface area contributed by atoms with E-state index in [9.17, 15) is 13.2 Å². The maximum Gasteiger partial charge on any atom is 0.320 e. The van der Waals surface area contributed by atoms with E-state index in [-0.39, 0.29) is 11.4 Å². The van der Waals surface area contributed by atoms with Crippen LogP contribution in [0.1, 0.15) is 5.56 Å². The highest BCUT2D eigenvalue weighted by Gasteiger charge is 2.16. The largest absolute Gasteiger partial charge is 0.468 e. The SMILES string of the molecule is COC(=O)CNS(=O)(=O)c1cncc(C#CCN)c1. The lowest BCUT2D eigenvalue weighted by Gasteiger charge is -2.05. The number of nitrogens with two attached hydrogens (primary N) is 1. The Bertz CT molecular complexity index is 616. The summed E-state index contributed by atoms with van der Waals surface area (Å²) in [5.74, 6) is 4.58. The number of rotatable bonds is 4. The molecular formula is C11H13N3O4S. The highest BCUT2D eigenvalue weighted by molar-refractivity contribution is 7.89. The molecule has 1 rings (SSSR count). The molecule has 19 heavy (non-hydrogen) atoms. The third-order valence-electron chi connectivity index (χ3n) is 1.99. The number of esters is 1. The minimum Gasteiger partial charge on any atom is -0.468 e. The Morgan fingerprint density at radius 3 is 2.89 bits per heavy atom. The molecule has 3 N–H and O–H groups in total. The number of hydrogen-bond acceptors (Lipinski definition) is 6. The molecule has 1 aromatic heterocycles. The van der Waals surface area contributed by atoms with Crippen LogP contribution < -0.4 is 10.5 Å². The highest BCUT2D eigenvalue weighted by Crippen LogP contribution is 2.08. The number of sulfonamides is 1. The van der Waals surface area contributed by atoms with E-state index in [2.05, 4.69) is 26.3 Å². The molecule has 0 fully saturated rings. The predicted molar refractivity (Wildman–Crippen MR) is 67.4 cm³/mol. The van der Waals surface area contributed by atoms with Crippen LogP contribution >= 0.6 is 0 Å². The number of pyridine rings is 1. The van der Waals surface area contributed by atoms with Gasteiger partial charge in [0.2, 0.25) is 10.0 Å². The van der Waals surface area contributed by atoms with Crippen LogP contribution in [0.25, 0.3) is 0 Å². The van der Waals surface area contributed by atoms with Crippen molar-refractivity contribution < 1.29 is 17.9 Å². The van der Waals surface area contributed by atoms with Gasteiger partial charge < -0.3 is 10.5 Å². The van der Waals surface area contributed by atoms with E-state index in [1.54, 1.807) is 0 Å². The fourth-order valence-electron chi connectivity index (χ4n) is 1.10. The van der Waals surface area contributed by atoms with Crippen LogP contribution in [-0.4, -0.2) is 39.6 Å². The van der Waals surface area contributed by atoms with Gasteiger partial charge in [0, 0.05) is 18.0 Å². The summed E-state index contributed by atoms with van der Waals surface area (Å²) < 4.78 is 30.1. The second kappa shape index (κ2) is 6.84. The first-order valence-corrected chi connectivity index (χ1v) is 6.68. The molecule has 1 heterocycles. The van der Waals surface area contributed by atoms with Crippen LogP contribution in [0.5, 0.6) is 0 Å². The number of methoxy groups -OCH3 is 1. The number of ether oxygens (including phenoxy) is 1. The minimum absolute atomic E-state index is 0.0831. The Hall–Kier alpha value is -1.95. The molecule has 8 heteroatoms. The Kier molecular flexibility index (Phi) is 5.44. The molecule has 1 aromatic rings. The predicted octanol–water partition coefficient (Wildman–Crippen LogP) is -1.16. The summed E-state index contributed by atoms with van der Waals surface area (Å²) in [5.41, 5.74) is 5.64. The first-order valence-electron chi connectivity index (χ1n) is 5.20. The van der Waals surface area contributed by atoms with E-state index >= 15 is 0 Å². The topological polar surface area (TPSA) is 111 Å². The number of carbonyl (C=O) groups is 1. The molecule has 0 aliphatic rings. The van der Waals surface area contributed by atoms with Crippen molar-refractivity contribution in [2.45, 2.75) is 4.90 Å². The van der Waals surface area contributed by atoms with E-state index in [1.807, 2.05) is 0 Å². The zero-order chi connectivity index (χ0) is 14.3. The van der Waals surface area contributed by atoms with Gasteiger partial charge >= 0.3 is 5.97 Å². The van der Waals surface area contributed by atoms with Crippen molar-refractivity contribution in [3.05, 3.63) is 24.0 Å². The Balaban J connectivity index is 2.92. The monoisotopic (exact) mass is 283 g/mol. The normalized spacial score (nSPS) is 10.4. The van der Waals surface area contributed by atoms with Gasteiger partial charge in [0.25, 0.3) is 0 Å². The van der Waals surface area contributed by atoms with Gasteiger partial charge in [0.1, 0.15) is 11.4 Å². The summed E-state index contributed by atoms with van der Waals surface area (Å²) >= 11 is 0. The minimum atomic E-state index is -3.83. The molecule has 0 aliphatic heterocycles. The molecule has 7 nitrogen and oxygen atoms in total. The van der Waals surface area contributed by atoms with Crippen molar-refractivity contribution in [3.8, 4) is 11.8 Å². The molecule has 0 amide bonds. The zero-order valence-corrected chi connectivity index (χ0v) is 11.0. The second-order valence-corrected chi connectivity index (χ2v) is 5.08. The number of aromatic nitrogens is 1. The molecule has 0 spiro atoms. The van der Waals surface area contributed by atoms with Crippen LogP contribution in [0.3, 0.4) is 0 Å². The fourth-order valence-corrected chi connectivity index (χ4v) is 2.05. The number of carbonyl (C=O) groups excluding carboxylic acids is 1. The van der Waals surface area contributed by atoms with Crippen molar-refractivity contribution in [2.24, 2.45) is 5.73 Å². The summed E-state index contributed by atoms with van der Waals surface area (Å²) in [5, 5.41) is 0. The first-order chi connectivity index (χ1) is 8.99. The van der Waals surface area contributed by atoms with Crippen LogP contribution in [0.15, 0.2) is 23.4 Å². The lowest BCUT2D eigenvalue weighted by Crippen LogP contribution is -2.30. The summed E-state index contributed by atoms with van der Waals surface area (Å²) in [6, 6.07) is 1.34. The van der Waals surface area contributed by atoms with Gasteiger partial charge in [-0.25, -0.2) is 8.42 Å². The zero-order valence-electron chi connectivity index (χ0n) is 10.2. The molecule has 0 aliphatic carbocycles. The summed E-state index contributed by atoms with van der Waals surface area (Å²) in [6.45, 7) is -0.283. The standard InChI is InChI=1S/C11H13N3O4S/c1-18-11(15)8-14-19(16,17)10-5-9(3-2-4-12)6-13-7-10/h5-7,14H,4,8,12H2,1H3.